The molecule has 2 aromatic carbocycles. The Kier molecular flexibility index (Phi) is 3.88. The minimum Gasteiger partial charge on any atom is -0.497 e. The highest BCUT2D eigenvalue weighted by Gasteiger charge is 2.28. The van der Waals surface area contributed by atoms with Crippen LogP contribution in [0.2, 0.25) is 0 Å². The summed E-state index contributed by atoms with van der Waals surface area (Å²) in [7, 11) is -1.99. The van der Waals surface area contributed by atoms with Gasteiger partial charge in [0.15, 0.2) is 0 Å². The van der Waals surface area contributed by atoms with Crippen molar-refractivity contribution in [2.24, 2.45) is 0 Å². The van der Waals surface area contributed by atoms with E-state index in [1.807, 2.05) is 18.2 Å². The molecule has 0 aromatic heterocycles. The molecule has 2 aromatic rings. The molecule has 116 valence electrons. The zero-order chi connectivity index (χ0) is 15.7. The molecule has 0 amide bonds. The minimum absolute atomic E-state index is 0.117. The van der Waals surface area contributed by atoms with E-state index in [9.17, 15) is 12.8 Å². The zero-order valence-electron chi connectivity index (χ0n) is 12.1. The summed E-state index contributed by atoms with van der Waals surface area (Å²) in [5.41, 5.74) is 2.07. The van der Waals surface area contributed by atoms with Crippen molar-refractivity contribution in [3.63, 3.8) is 0 Å². The molecule has 0 saturated carbocycles. The van der Waals surface area contributed by atoms with Gasteiger partial charge in [-0.3, -0.25) is 0 Å². The molecule has 0 radical (unpaired) electrons. The Hall–Kier alpha value is -1.92. The fourth-order valence-electron chi connectivity index (χ4n) is 2.59. The summed E-state index contributed by atoms with van der Waals surface area (Å²) in [6.07, 6.45) is 0.632. The van der Waals surface area contributed by atoms with Crippen molar-refractivity contribution in [2.45, 2.75) is 17.9 Å². The van der Waals surface area contributed by atoms with E-state index in [4.69, 9.17) is 4.74 Å². The molecule has 22 heavy (non-hydrogen) atoms. The second kappa shape index (κ2) is 5.70. The van der Waals surface area contributed by atoms with Gasteiger partial charge >= 0.3 is 0 Å². The van der Waals surface area contributed by atoms with Gasteiger partial charge in [-0.15, -0.1) is 0 Å². The highest BCUT2D eigenvalue weighted by Crippen LogP contribution is 2.27. The van der Waals surface area contributed by atoms with Crippen LogP contribution in [0, 0.1) is 5.82 Å². The number of sulfonamides is 1. The summed E-state index contributed by atoms with van der Waals surface area (Å²) in [6, 6.07) is 10.6. The van der Waals surface area contributed by atoms with Crippen molar-refractivity contribution in [1.82, 2.24) is 4.31 Å². The number of fused-ring (bicyclic) bond motifs is 1. The van der Waals surface area contributed by atoms with Crippen LogP contribution in [0.3, 0.4) is 0 Å². The molecule has 0 spiro atoms. The van der Waals surface area contributed by atoms with Gasteiger partial charge in [0.1, 0.15) is 11.6 Å². The number of ether oxygens (including phenoxy) is 1. The molecule has 0 fully saturated rings. The van der Waals surface area contributed by atoms with Crippen LogP contribution in [-0.4, -0.2) is 26.4 Å². The predicted octanol–water partition coefficient (Wildman–Crippen LogP) is 2.58. The van der Waals surface area contributed by atoms with Crippen LogP contribution in [-0.2, 0) is 23.0 Å². The number of hydrogen-bond acceptors (Lipinski definition) is 3. The van der Waals surface area contributed by atoms with Crippen molar-refractivity contribution < 1.29 is 17.5 Å². The quantitative estimate of drug-likeness (QED) is 0.873. The molecule has 1 aliphatic heterocycles. The number of halogens is 1. The van der Waals surface area contributed by atoms with Crippen molar-refractivity contribution >= 4 is 10.0 Å². The Balaban J connectivity index is 1.89. The van der Waals surface area contributed by atoms with E-state index in [1.54, 1.807) is 7.11 Å². The smallest absolute Gasteiger partial charge is 0.243 e. The highest BCUT2D eigenvalue weighted by molar-refractivity contribution is 7.89. The third kappa shape index (κ3) is 2.71. The monoisotopic (exact) mass is 321 g/mol. The molecule has 0 bridgehead atoms. The van der Waals surface area contributed by atoms with E-state index in [0.717, 1.165) is 29.0 Å². The molecule has 1 heterocycles. The average Bonchev–Trinajstić information content (AvgIpc) is 2.54. The third-order valence-electron chi connectivity index (χ3n) is 3.84. The van der Waals surface area contributed by atoms with Gasteiger partial charge in [0.25, 0.3) is 0 Å². The summed E-state index contributed by atoms with van der Waals surface area (Å²) >= 11 is 0. The first-order chi connectivity index (χ1) is 10.5. The van der Waals surface area contributed by atoms with Crippen molar-refractivity contribution in [3.8, 4) is 5.75 Å². The van der Waals surface area contributed by atoms with Crippen LogP contribution in [0.4, 0.5) is 4.39 Å². The fraction of sp³-hybridized carbons (Fsp3) is 0.250. The Morgan fingerprint density at radius 3 is 2.50 bits per heavy atom. The Labute approximate surface area is 129 Å². The predicted molar refractivity (Wildman–Crippen MR) is 80.7 cm³/mol. The third-order valence-corrected chi connectivity index (χ3v) is 5.70. The maximum atomic E-state index is 13.0. The Morgan fingerprint density at radius 2 is 1.82 bits per heavy atom. The summed E-state index contributed by atoms with van der Waals surface area (Å²) in [4.78, 5) is 0.117. The summed E-state index contributed by atoms with van der Waals surface area (Å²) in [5.74, 6) is 0.323. The van der Waals surface area contributed by atoms with Gasteiger partial charge in [0.2, 0.25) is 10.0 Å². The maximum Gasteiger partial charge on any atom is 0.243 e. The van der Waals surface area contributed by atoms with Crippen LogP contribution in [0.25, 0.3) is 0 Å². The lowest BCUT2D eigenvalue weighted by Gasteiger charge is -2.28. The van der Waals surface area contributed by atoms with Gasteiger partial charge in [0, 0.05) is 13.1 Å². The van der Waals surface area contributed by atoms with Crippen molar-refractivity contribution in [2.75, 3.05) is 13.7 Å². The van der Waals surface area contributed by atoms with Crippen LogP contribution in [0.5, 0.6) is 5.75 Å². The minimum atomic E-state index is -3.60. The number of methoxy groups -OCH3 is 1. The number of nitrogens with zero attached hydrogens (tertiary/aromatic N) is 1. The van der Waals surface area contributed by atoms with Crippen LogP contribution < -0.4 is 4.74 Å². The summed E-state index contributed by atoms with van der Waals surface area (Å²) in [6.45, 7) is 0.721. The maximum absolute atomic E-state index is 13.0. The van der Waals surface area contributed by atoms with E-state index in [1.165, 1.54) is 16.4 Å². The number of benzene rings is 2. The largest absolute Gasteiger partial charge is 0.497 e. The average molecular weight is 321 g/mol. The number of rotatable bonds is 3. The van der Waals surface area contributed by atoms with E-state index in [2.05, 4.69) is 0 Å². The van der Waals surface area contributed by atoms with Crippen molar-refractivity contribution in [3.05, 3.63) is 59.4 Å². The number of hydrogen-bond donors (Lipinski definition) is 0. The first-order valence-electron chi connectivity index (χ1n) is 6.92. The van der Waals surface area contributed by atoms with Crippen molar-refractivity contribution in [1.29, 1.82) is 0 Å². The molecular formula is C16H16FNO3S. The lowest BCUT2D eigenvalue weighted by Crippen LogP contribution is -2.35. The normalized spacial score (nSPS) is 15.4. The summed E-state index contributed by atoms with van der Waals surface area (Å²) in [5, 5.41) is 0. The molecule has 0 N–H and O–H groups in total. The van der Waals surface area contributed by atoms with E-state index < -0.39 is 15.8 Å². The topological polar surface area (TPSA) is 46.6 Å². The van der Waals surface area contributed by atoms with Crippen LogP contribution in [0.1, 0.15) is 11.1 Å². The van der Waals surface area contributed by atoms with Gasteiger partial charge < -0.3 is 4.74 Å². The first kappa shape index (κ1) is 15.0. The van der Waals surface area contributed by atoms with E-state index in [0.29, 0.717) is 19.5 Å². The van der Waals surface area contributed by atoms with Gasteiger partial charge in [-0.05, 0) is 53.9 Å². The molecule has 1 aliphatic rings. The SMILES string of the molecule is COc1ccc2c(c1)CCN(S(=O)(=O)c1ccc(F)cc1)C2. The van der Waals surface area contributed by atoms with Gasteiger partial charge in [0.05, 0.1) is 12.0 Å². The zero-order valence-corrected chi connectivity index (χ0v) is 12.9. The van der Waals surface area contributed by atoms with Gasteiger partial charge in [-0.1, -0.05) is 6.07 Å². The molecule has 0 unspecified atom stereocenters. The highest BCUT2D eigenvalue weighted by atomic mass is 32.2. The molecule has 6 heteroatoms. The molecule has 0 aliphatic carbocycles. The summed E-state index contributed by atoms with van der Waals surface area (Å²) < 4.78 is 44.8. The fourth-order valence-corrected chi connectivity index (χ4v) is 4.01. The second-order valence-electron chi connectivity index (χ2n) is 5.18. The lowest BCUT2D eigenvalue weighted by atomic mass is 10.0. The molecule has 0 saturated heterocycles. The first-order valence-corrected chi connectivity index (χ1v) is 8.36. The van der Waals surface area contributed by atoms with E-state index >= 15 is 0 Å². The molecule has 0 atom stereocenters. The Bertz CT molecular complexity index is 788. The van der Waals surface area contributed by atoms with E-state index in [-0.39, 0.29) is 4.90 Å². The molecule has 3 rings (SSSR count). The lowest BCUT2D eigenvalue weighted by molar-refractivity contribution is 0.386. The standard InChI is InChI=1S/C16H16FNO3S/c1-21-15-5-2-13-11-18(9-8-12(13)10-15)22(19,20)16-6-3-14(17)4-7-16/h2-7,10H,8-9,11H2,1H3. The van der Waals surface area contributed by atoms with Crippen LogP contribution in [0.15, 0.2) is 47.4 Å². The van der Waals surface area contributed by atoms with Gasteiger partial charge in [-0.25, -0.2) is 12.8 Å². The van der Waals surface area contributed by atoms with Gasteiger partial charge in [-0.2, -0.15) is 4.31 Å². The Morgan fingerprint density at radius 1 is 1.09 bits per heavy atom. The second-order valence-corrected chi connectivity index (χ2v) is 7.12. The molecule has 4 nitrogen and oxygen atoms in total. The molecular weight excluding hydrogens is 305 g/mol. The van der Waals surface area contributed by atoms with Crippen LogP contribution >= 0.6 is 0 Å².